The van der Waals surface area contributed by atoms with Gasteiger partial charge in [0, 0.05) is 30.3 Å². The Hall–Kier alpha value is -3.22. The van der Waals surface area contributed by atoms with E-state index in [2.05, 4.69) is 93.7 Å². The van der Waals surface area contributed by atoms with Crippen LogP contribution in [0, 0.1) is 0 Å². The van der Waals surface area contributed by atoms with Crippen LogP contribution in [0.3, 0.4) is 0 Å². The highest BCUT2D eigenvalue weighted by Gasteiger charge is 2.50. The maximum Gasteiger partial charge on any atom is 0.337 e. The smallest absolute Gasteiger partial charge is 0.337 e. The van der Waals surface area contributed by atoms with E-state index in [-0.39, 0.29) is 16.7 Å². The van der Waals surface area contributed by atoms with E-state index >= 15 is 0 Å². The van der Waals surface area contributed by atoms with E-state index in [1.807, 2.05) is 6.07 Å². The number of hydrogen-bond acceptors (Lipinski definition) is 5. The molecule has 0 radical (unpaired) electrons. The van der Waals surface area contributed by atoms with Crippen LogP contribution in [0.2, 0.25) is 5.04 Å². The van der Waals surface area contributed by atoms with E-state index in [1.165, 1.54) is 15.9 Å². The third-order valence-corrected chi connectivity index (χ3v) is 13.5. The van der Waals surface area contributed by atoms with Crippen LogP contribution in [0.4, 0.5) is 5.69 Å². The molecule has 1 N–H and O–H groups in total. The fourth-order valence-corrected chi connectivity index (χ4v) is 10.9. The maximum absolute atomic E-state index is 12.5. The summed E-state index contributed by atoms with van der Waals surface area (Å²) in [6.07, 6.45) is 9.48. The van der Waals surface area contributed by atoms with Crippen LogP contribution >= 0.6 is 0 Å². The summed E-state index contributed by atoms with van der Waals surface area (Å²) in [5.74, 6) is 0.705. The van der Waals surface area contributed by atoms with E-state index in [0.29, 0.717) is 12.4 Å². The first-order chi connectivity index (χ1) is 20.3. The van der Waals surface area contributed by atoms with Crippen molar-refractivity contribution in [1.82, 2.24) is 0 Å². The minimum Gasteiger partial charge on any atom is -0.428 e. The number of benzene rings is 2. The van der Waals surface area contributed by atoms with Gasteiger partial charge in [-0.3, -0.25) is 4.79 Å². The van der Waals surface area contributed by atoms with Crippen molar-refractivity contribution in [2.24, 2.45) is 0 Å². The summed E-state index contributed by atoms with van der Waals surface area (Å²) in [6, 6.07) is 24.8. The fourth-order valence-electron chi connectivity index (χ4n) is 6.28. The second-order valence-corrected chi connectivity index (χ2v) is 16.8. The summed E-state index contributed by atoms with van der Waals surface area (Å²) in [7, 11) is -2.75. The number of aldehydes is 1. The predicted octanol–water partition coefficient (Wildman–Crippen LogP) is 7.19. The van der Waals surface area contributed by atoms with Crippen LogP contribution in [0.5, 0.6) is 0 Å². The molecule has 0 fully saturated rings. The van der Waals surface area contributed by atoms with Crippen molar-refractivity contribution in [1.29, 1.82) is 0 Å². The average Bonchev–Trinajstić information content (AvgIpc) is 2.99. The van der Waals surface area contributed by atoms with Gasteiger partial charge in [-0.25, -0.2) is 4.79 Å². The Morgan fingerprint density at radius 3 is 2.19 bits per heavy atom. The number of allylic oxidation sites excluding steroid dienone is 2. The standard InChI is InChI=1S/C36H47NO4Si/c1-5-6-17-32-24-31(25-35(39)41-32)37-30(23-22-28-15-13-14-16-29(28)26-38)27-40-42(36(2,3)4,33-18-9-7-10-19-33)34-20-11-8-12-21-34/h7-12,18-21,24-26,30,37H,5-6,13-17,22-23,27H2,1-4H3. The van der Waals surface area contributed by atoms with Gasteiger partial charge >= 0.3 is 5.63 Å². The summed E-state index contributed by atoms with van der Waals surface area (Å²) in [5.41, 5.74) is 2.66. The van der Waals surface area contributed by atoms with Crippen molar-refractivity contribution in [3.8, 4) is 0 Å². The van der Waals surface area contributed by atoms with E-state index in [4.69, 9.17) is 8.84 Å². The van der Waals surface area contributed by atoms with Gasteiger partial charge in [0.1, 0.15) is 12.0 Å². The lowest BCUT2D eigenvalue weighted by molar-refractivity contribution is -0.105. The van der Waals surface area contributed by atoms with Crippen LogP contribution in [0.25, 0.3) is 0 Å². The van der Waals surface area contributed by atoms with Gasteiger partial charge in [0.2, 0.25) is 0 Å². The van der Waals surface area contributed by atoms with Crippen LogP contribution < -0.4 is 21.3 Å². The first-order valence-electron chi connectivity index (χ1n) is 15.6. The van der Waals surface area contributed by atoms with Crippen LogP contribution in [-0.4, -0.2) is 27.3 Å². The van der Waals surface area contributed by atoms with Gasteiger partial charge in [0.05, 0.1) is 6.61 Å². The SMILES string of the molecule is CCCCc1cc(NC(CCC2=C(C=O)CCCC2)CO[Si](c2ccccc2)(c2ccccc2)C(C)(C)C)cc(=O)o1. The molecule has 1 heterocycles. The van der Waals surface area contributed by atoms with Gasteiger partial charge in [-0.2, -0.15) is 0 Å². The van der Waals surface area contributed by atoms with Crippen LogP contribution in [0.15, 0.2) is 93.2 Å². The molecule has 0 aliphatic heterocycles. The Morgan fingerprint density at radius 2 is 1.60 bits per heavy atom. The molecular formula is C36H47NO4Si. The highest BCUT2D eigenvalue weighted by Crippen LogP contribution is 2.37. The number of nitrogens with one attached hydrogen (secondary N) is 1. The van der Waals surface area contributed by atoms with Crippen molar-refractivity contribution in [3.63, 3.8) is 0 Å². The van der Waals surface area contributed by atoms with Crippen molar-refractivity contribution >= 4 is 30.7 Å². The van der Waals surface area contributed by atoms with Crippen molar-refractivity contribution in [2.45, 2.75) is 96.6 Å². The van der Waals surface area contributed by atoms with Crippen LogP contribution in [0.1, 0.15) is 84.8 Å². The summed E-state index contributed by atoms with van der Waals surface area (Å²) >= 11 is 0. The molecule has 224 valence electrons. The fraction of sp³-hybridized carbons (Fsp3) is 0.444. The highest BCUT2D eigenvalue weighted by atomic mass is 28.4. The number of carbonyl (C=O) groups excluding carboxylic acids is 1. The molecule has 3 aromatic rings. The highest BCUT2D eigenvalue weighted by molar-refractivity contribution is 6.99. The zero-order valence-electron chi connectivity index (χ0n) is 25.8. The first-order valence-corrected chi connectivity index (χ1v) is 17.5. The molecule has 5 nitrogen and oxygen atoms in total. The van der Waals surface area contributed by atoms with E-state index < -0.39 is 8.32 Å². The number of carbonyl (C=O) groups is 1. The molecule has 4 rings (SSSR count). The first kappa shape index (κ1) is 31.7. The average molecular weight is 586 g/mol. The molecule has 0 spiro atoms. The van der Waals surface area contributed by atoms with E-state index in [9.17, 15) is 9.59 Å². The maximum atomic E-state index is 12.5. The van der Waals surface area contributed by atoms with Gasteiger partial charge in [-0.15, -0.1) is 0 Å². The van der Waals surface area contributed by atoms with Crippen LogP contribution in [-0.2, 0) is 15.6 Å². The normalized spacial score (nSPS) is 15.0. The number of hydrogen-bond donors (Lipinski definition) is 1. The number of anilines is 1. The lowest BCUT2D eigenvalue weighted by atomic mass is 9.89. The molecule has 0 saturated heterocycles. The van der Waals surface area contributed by atoms with Gasteiger partial charge in [-0.1, -0.05) is 100 Å². The molecule has 6 heteroatoms. The van der Waals surface area contributed by atoms with Crippen molar-refractivity contribution in [3.05, 3.63) is 100 Å². The third-order valence-electron chi connectivity index (χ3n) is 8.45. The summed E-state index contributed by atoms with van der Waals surface area (Å²) < 4.78 is 12.8. The molecule has 1 unspecified atom stereocenters. The Labute approximate surface area is 252 Å². The molecule has 1 aliphatic rings. The Morgan fingerprint density at radius 1 is 0.952 bits per heavy atom. The molecule has 0 saturated carbocycles. The topological polar surface area (TPSA) is 68.5 Å². The molecule has 1 aromatic heterocycles. The van der Waals surface area contributed by atoms with Crippen molar-refractivity contribution in [2.75, 3.05) is 11.9 Å². The Kier molecular flexibility index (Phi) is 11.2. The molecule has 0 amide bonds. The molecule has 1 atom stereocenters. The summed E-state index contributed by atoms with van der Waals surface area (Å²) in [5, 5.41) is 6.00. The van der Waals surface area contributed by atoms with Gasteiger partial charge in [0.15, 0.2) is 0 Å². The number of rotatable bonds is 14. The van der Waals surface area contributed by atoms with Gasteiger partial charge < -0.3 is 14.2 Å². The van der Waals surface area contributed by atoms with E-state index in [0.717, 1.165) is 75.3 Å². The second kappa shape index (κ2) is 14.8. The minimum atomic E-state index is -2.75. The summed E-state index contributed by atoms with van der Waals surface area (Å²) in [6.45, 7) is 9.46. The van der Waals surface area contributed by atoms with Gasteiger partial charge in [-0.05, 0) is 65.9 Å². The van der Waals surface area contributed by atoms with E-state index in [1.54, 1.807) is 6.07 Å². The van der Waals surface area contributed by atoms with Gasteiger partial charge in [0.25, 0.3) is 8.32 Å². The number of aryl methyl sites for hydroxylation is 1. The minimum absolute atomic E-state index is 0.0604. The zero-order chi connectivity index (χ0) is 30.0. The predicted molar refractivity (Wildman–Crippen MR) is 175 cm³/mol. The second-order valence-electron chi connectivity index (χ2n) is 12.5. The van der Waals surface area contributed by atoms with Crippen molar-refractivity contribution < 1.29 is 13.6 Å². The molecule has 1 aliphatic carbocycles. The lowest BCUT2D eigenvalue weighted by Gasteiger charge is -2.44. The molecule has 42 heavy (non-hydrogen) atoms. The zero-order valence-corrected chi connectivity index (χ0v) is 26.8. The monoisotopic (exact) mass is 585 g/mol. The largest absolute Gasteiger partial charge is 0.428 e. The molecular weight excluding hydrogens is 538 g/mol. The Balaban J connectivity index is 1.69. The quantitative estimate of drug-likeness (QED) is 0.160. The third kappa shape index (κ3) is 7.78. The molecule has 0 bridgehead atoms. The Bertz CT molecular complexity index is 1340. The summed E-state index contributed by atoms with van der Waals surface area (Å²) in [4.78, 5) is 24.3. The lowest BCUT2D eigenvalue weighted by Crippen LogP contribution is -2.67. The number of unbranched alkanes of at least 4 members (excludes halogenated alkanes) is 1. The molecule has 2 aromatic carbocycles.